The Morgan fingerprint density at radius 3 is 1.92 bits per heavy atom. The Morgan fingerprint density at radius 2 is 1.52 bits per heavy atom. The van der Waals surface area contributed by atoms with Crippen LogP contribution in [0.25, 0.3) is 0 Å². The summed E-state index contributed by atoms with van der Waals surface area (Å²) in [6, 6.07) is 0. The molecule has 0 aliphatic rings. The molecule has 1 rings (SSSR count). The van der Waals surface area contributed by atoms with Crippen molar-refractivity contribution in [3.8, 4) is 0 Å². The minimum atomic E-state index is -0.980. The van der Waals surface area contributed by atoms with Crippen LogP contribution in [-0.2, 0) is 14.2 Å². The minimum absolute atomic E-state index is 0.00559. The van der Waals surface area contributed by atoms with Gasteiger partial charge in [-0.2, -0.15) is 0 Å². The van der Waals surface area contributed by atoms with Crippen LogP contribution in [-0.4, -0.2) is 45.9 Å². The molecule has 2 amide bonds. The number of nitrogens with zero attached hydrogens (tertiary/aromatic N) is 2. The van der Waals surface area contributed by atoms with Crippen LogP contribution in [0.4, 0.5) is 15.5 Å². The van der Waals surface area contributed by atoms with Crippen molar-refractivity contribution in [2.75, 3.05) is 11.5 Å². The van der Waals surface area contributed by atoms with Gasteiger partial charge in [0.25, 0.3) is 0 Å². The number of carbonyl (C=O) groups excluding carboxylic acids is 3. The molecule has 1 heterocycles. The van der Waals surface area contributed by atoms with E-state index in [0.29, 0.717) is 4.90 Å². The van der Waals surface area contributed by atoms with Gasteiger partial charge in [-0.25, -0.2) is 19.4 Å². The van der Waals surface area contributed by atoms with Gasteiger partial charge in [0.1, 0.15) is 16.9 Å². The first-order chi connectivity index (χ1) is 11.3. The maximum absolute atomic E-state index is 12.4. The van der Waals surface area contributed by atoms with E-state index in [4.69, 9.17) is 14.2 Å². The highest BCUT2D eigenvalue weighted by molar-refractivity contribution is 6.08. The Labute approximate surface area is 146 Å². The predicted octanol–water partition coefficient (Wildman–Crippen LogP) is 3.26. The van der Waals surface area contributed by atoms with E-state index >= 15 is 0 Å². The number of aromatic amines is 1. The van der Waals surface area contributed by atoms with Gasteiger partial charge >= 0.3 is 18.2 Å². The predicted molar refractivity (Wildman–Crippen MR) is 89.5 cm³/mol. The van der Waals surface area contributed by atoms with E-state index in [0.717, 1.165) is 6.20 Å². The van der Waals surface area contributed by atoms with Gasteiger partial charge in [0, 0.05) is 0 Å². The zero-order chi connectivity index (χ0) is 19.4. The number of hydrogen-bond donors (Lipinski definition) is 1. The molecular formula is C16H25N3O6. The van der Waals surface area contributed by atoms with Crippen LogP contribution < -0.4 is 4.90 Å². The molecule has 0 aliphatic heterocycles. The van der Waals surface area contributed by atoms with Crippen molar-refractivity contribution in [2.24, 2.45) is 0 Å². The fourth-order valence-corrected chi connectivity index (χ4v) is 1.60. The first-order valence-corrected chi connectivity index (χ1v) is 7.82. The molecule has 0 saturated heterocycles. The zero-order valence-electron chi connectivity index (χ0n) is 15.6. The van der Waals surface area contributed by atoms with Gasteiger partial charge in [-0.1, -0.05) is 0 Å². The Hall–Kier alpha value is -2.58. The zero-order valence-corrected chi connectivity index (χ0v) is 15.6. The van der Waals surface area contributed by atoms with Gasteiger partial charge in [-0.15, -0.1) is 4.90 Å². The summed E-state index contributed by atoms with van der Waals surface area (Å²) in [4.78, 5) is 43.6. The van der Waals surface area contributed by atoms with E-state index in [1.807, 2.05) is 0 Å². The average Bonchev–Trinajstić information content (AvgIpc) is 2.84. The number of rotatable bonds is 3. The molecule has 0 fully saturated rings. The summed E-state index contributed by atoms with van der Waals surface area (Å²) in [6.45, 7) is 11.8. The van der Waals surface area contributed by atoms with Crippen LogP contribution >= 0.6 is 0 Å². The van der Waals surface area contributed by atoms with Crippen LogP contribution in [0.2, 0.25) is 0 Å². The second-order valence-electron chi connectivity index (χ2n) is 7.14. The summed E-state index contributed by atoms with van der Waals surface area (Å²) in [7, 11) is 0. The standard InChI is InChI=1S/C16H25N3O6/c1-8-23-11(20)10-9-17-12(18-10)19(13(21)24-15(2,3)4)14(22)25-16(5,6)7/h9H,8H2,1-7H3,(H,17,18). The molecule has 1 N–H and O–H groups in total. The number of carbonyl (C=O) groups is 3. The monoisotopic (exact) mass is 355 g/mol. The summed E-state index contributed by atoms with van der Waals surface area (Å²) >= 11 is 0. The van der Waals surface area contributed by atoms with Crippen molar-refractivity contribution in [3.05, 3.63) is 11.9 Å². The number of aromatic nitrogens is 2. The van der Waals surface area contributed by atoms with Crippen molar-refractivity contribution < 1.29 is 28.6 Å². The lowest BCUT2D eigenvalue weighted by atomic mass is 10.2. The third-order valence-corrected chi connectivity index (χ3v) is 2.42. The highest BCUT2D eigenvalue weighted by Crippen LogP contribution is 2.19. The quantitative estimate of drug-likeness (QED) is 0.654. The van der Waals surface area contributed by atoms with Gasteiger partial charge < -0.3 is 19.2 Å². The van der Waals surface area contributed by atoms with Crippen molar-refractivity contribution in [1.82, 2.24) is 9.97 Å². The number of H-pyrrole nitrogens is 1. The van der Waals surface area contributed by atoms with Crippen LogP contribution in [0, 0.1) is 0 Å². The van der Waals surface area contributed by atoms with Crippen molar-refractivity contribution in [1.29, 1.82) is 0 Å². The molecule has 0 spiro atoms. The summed E-state index contributed by atoms with van der Waals surface area (Å²) in [5.41, 5.74) is -1.68. The lowest BCUT2D eigenvalue weighted by Crippen LogP contribution is -2.44. The molecule has 9 heteroatoms. The van der Waals surface area contributed by atoms with Crippen molar-refractivity contribution in [2.45, 2.75) is 59.7 Å². The summed E-state index contributed by atoms with van der Waals surface area (Å²) in [5.74, 6) is -0.860. The van der Waals surface area contributed by atoms with E-state index in [9.17, 15) is 14.4 Å². The average molecular weight is 355 g/mol. The number of anilines is 1. The number of imidazole rings is 1. The van der Waals surface area contributed by atoms with Crippen molar-refractivity contribution >= 4 is 24.1 Å². The maximum atomic E-state index is 12.4. The number of hydrogen-bond acceptors (Lipinski definition) is 7. The van der Waals surface area contributed by atoms with E-state index < -0.39 is 29.4 Å². The normalized spacial score (nSPS) is 11.6. The summed E-state index contributed by atoms with van der Waals surface area (Å²) < 4.78 is 15.3. The molecule has 0 saturated carbocycles. The second-order valence-corrected chi connectivity index (χ2v) is 7.14. The van der Waals surface area contributed by atoms with Gasteiger partial charge in [-0.05, 0) is 48.5 Å². The number of esters is 1. The molecule has 1 aromatic heterocycles. The molecule has 0 bridgehead atoms. The number of imide groups is 1. The molecule has 0 atom stereocenters. The third-order valence-electron chi connectivity index (χ3n) is 2.42. The van der Waals surface area contributed by atoms with Gasteiger partial charge in [0.05, 0.1) is 12.8 Å². The second kappa shape index (κ2) is 7.54. The molecule has 25 heavy (non-hydrogen) atoms. The maximum Gasteiger partial charge on any atom is 0.427 e. The molecule has 0 unspecified atom stereocenters. The Bertz CT molecular complexity index is 611. The van der Waals surface area contributed by atoms with E-state index in [-0.39, 0.29) is 18.2 Å². The summed E-state index contributed by atoms with van der Waals surface area (Å²) in [5, 5.41) is 0. The first kappa shape index (κ1) is 20.5. The fraction of sp³-hybridized carbons (Fsp3) is 0.625. The van der Waals surface area contributed by atoms with Crippen LogP contribution in [0.15, 0.2) is 6.20 Å². The first-order valence-electron chi connectivity index (χ1n) is 7.82. The molecule has 9 nitrogen and oxygen atoms in total. The summed E-state index contributed by atoms with van der Waals surface area (Å²) in [6.07, 6.45) is -0.798. The number of nitrogens with one attached hydrogen (secondary N) is 1. The smallest absolute Gasteiger partial charge is 0.427 e. The van der Waals surface area contributed by atoms with E-state index in [1.165, 1.54) is 0 Å². The molecular weight excluding hydrogens is 330 g/mol. The minimum Gasteiger partial charge on any atom is -0.461 e. The fourth-order valence-electron chi connectivity index (χ4n) is 1.60. The van der Waals surface area contributed by atoms with Crippen LogP contribution in [0.5, 0.6) is 0 Å². The topological polar surface area (TPSA) is 111 Å². The Balaban J connectivity index is 3.16. The van der Waals surface area contributed by atoms with Gasteiger partial charge in [0.2, 0.25) is 5.95 Å². The highest BCUT2D eigenvalue weighted by atomic mass is 16.6. The third kappa shape index (κ3) is 6.44. The lowest BCUT2D eigenvalue weighted by molar-refractivity contribution is 0.0423. The van der Waals surface area contributed by atoms with Gasteiger partial charge in [-0.3, -0.25) is 0 Å². The van der Waals surface area contributed by atoms with E-state index in [2.05, 4.69) is 9.97 Å². The van der Waals surface area contributed by atoms with Crippen LogP contribution in [0.1, 0.15) is 59.0 Å². The molecule has 0 aromatic carbocycles. The SMILES string of the molecule is CCOC(=O)c1cnc(N(C(=O)OC(C)(C)C)C(=O)OC(C)(C)C)[nH]1. The largest absolute Gasteiger partial charge is 0.461 e. The molecule has 140 valence electrons. The highest BCUT2D eigenvalue weighted by Gasteiger charge is 2.34. The number of ether oxygens (including phenoxy) is 3. The molecule has 1 aromatic rings. The molecule has 0 aliphatic carbocycles. The van der Waals surface area contributed by atoms with Crippen molar-refractivity contribution in [3.63, 3.8) is 0 Å². The Morgan fingerprint density at radius 1 is 1.04 bits per heavy atom. The lowest BCUT2D eigenvalue weighted by Gasteiger charge is -2.27. The molecule has 0 radical (unpaired) electrons. The number of amides is 2. The van der Waals surface area contributed by atoms with Gasteiger partial charge in [0.15, 0.2) is 0 Å². The van der Waals surface area contributed by atoms with Crippen LogP contribution in [0.3, 0.4) is 0 Å². The Kier molecular flexibility index (Phi) is 6.17. The van der Waals surface area contributed by atoms with E-state index in [1.54, 1.807) is 48.5 Å².